The molecule has 0 fully saturated rings. The van der Waals surface area contributed by atoms with E-state index in [4.69, 9.17) is 16.7 Å². The van der Waals surface area contributed by atoms with Gasteiger partial charge in [0, 0.05) is 9.99 Å². The summed E-state index contributed by atoms with van der Waals surface area (Å²) in [5.41, 5.74) is 0.498. The van der Waals surface area contributed by atoms with E-state index in [2.05, 4.69) is 27.9 Å². The summed E-state index contributed by atoms with van der Waals surface area (Å²) >= 11 is 8.01. The predicted octanol–water partition coefficient (Wildman–Crippen LogP) is 2.75. The van der Waals surface area contributed by atoms with E-state index in [1.807, 2.05) is 0 Å². The van der Waals surface area contributed by atoms with E-state index in [0.717, 1.165) is 3.57 Å². The summed E-state index contributed by atoms with van der Waals surface area (Å²) in [6.45, 7) is 0. The number of hydrogen-bond acceptors (Lipinski definition) is 2. The zero-order valence-electron chi connectivity index (χ0n) is 8.17. The highest BCUT2D eigenvalue weighted by atomic mass is 127. The van der Waals surface area contributed by atoms with Crippen molar-refractivity contribution in [2.75, 3.05) is 5.32 Å². The number of anilines is 1. The van der Waals surface area contributed by atoms with Crippen LogP contribution in [-0.2, 0) is 9.59 Å². The first kappa shape index (κ1) is 13.2. The number of carbonyl (C=O) groups excluding carboxylic acids is 1. The van der Waals surface area contributed by atoms with Gasteiger partial charge in [-0.1, -0.05) is 11.6 Å². The summed E-state index contributed by atoms with van der Waals surface area (Å²) < 4.78 is 0.964. The Morgan fingerprint density at radius 1 is 1.38 bits per heavy atom. The number of carbonyl (C=O) groups is 2. The molecule has 0 bridgehead atoms. The Balaban J connectivity index is 2.59. The van der Waals surface area contributed by atoms with Crippen LogP contribution in [0, 0.1) is 3.57 Å². The van der Waals surface area contributed by atoms with Gasteiger partial charge >= 0.3 is 5.97 Å². The molecule has 86 valence electrons. The van der Waals surface area contributed by atoms with E-state index in [1.54, 1.807) is 18.2 Å². The van der Waals surface area contributed by atoms with Crippen molar-refractivity contribution < 1.29 is 14.7 Å². The van der Waals surface area contributed by atoms with E-state index >= 15 is 0 Å². The molecule has 0 saturated carbocycles. The van der Waals surface area contributed by atoms with Gasteiger partial charge in [-0.15, -0.1) is 0 Å². The molecule has 1 amide bonds. The van der Waals surface area contributed by atoms with Gasteiger partial charge in [0.1, 0.15) is 0 Å². The molecule has 0 spiro atoms. The zero-order chi connectivity index (χ0) is 12.1. The first-order valence-corrected chi connectivity index (χ1v) is 5.91. The Bertz CT molecular complexity index is 423. The molecule has 6 heteroatoms. The third-order valence-electron chi connectivity index (χ3n) is 1.77. The maximum absolute atomic E-state index is 11.3. The summed E-state index contributed by atoms with van der Waals surface area (Å²) in [5.74, 6) is -1.35. The topological polar surface area (TPSA) is 66.4 Å². The molecule has 2 N–H and O–H groups in total. The van der Waals surface area contributed by atoms with Crippen LogP contribution in [0.1, 0.15) is 12.8 Å². The van der Waals surface area contributed by atoms with Crippen LogP contribution in [0.3, 0.4) is 0 Å². The Morgan fingerprint density at radius 2 is 2.06 bits per heavy atom. The number of amides is 1. The smallest absolute Gasteiger partial charge is 0.303 e. The fourth-order valence-corrected chi connectivity index (χ4v) is 1.93. The number of carboxylic acids is 1. The standard InChI is InChI=1S/C10H9ClINO3/c11-7-5-6(12)1-2-8(7)13-9(14)3-4-10(15)16/h1-2,5H,3-4H2,(H,13,14)(H,15,16). The molecule has 1 rings (SSSR count). The van der Waals surface area contributed by atoms with Crippen molar-refractivity contribution >= 4 is 51.8 Å². The average molecular weight is 354 g/mol. The SMILES string of the molecule is O=C(O)CCC(=O)Nc1ccc(I)cc1Cl. The van der Waals surface area contributed by atoms with Crippen molar-refractivity contribution in [3.8, 4) is 0 Å². The molecule has 0 aliphatic rings. The van der Waals surface area contributed by atoms with Crippen molar-refractivity contribution in [2.24, 2.45) is 0 Å². The lowest BCUT2D eigenvalue weighted by atomic mass is 10.2. The van der Waals surface area contributed by atoms with Gasteiger partial charge in [0.05, 0.1) is 17.1 Å². The van der Waals surface area contributed by atoms with E-state index in [-0.39, 0.29) is 18.7 Å². The third-order valence-corrected chi connectivity index (χ3v) is 2.75. The lowest BCUT2D eigenvalue weighted by Crippen LogP contribution is -2.13. The second-order valence-corrected chi connectivity index (χ2v) is 4.72. The summed E-state index contributed by atoms with van der Waals surface area (Å²) in [6.07, 6.45) is -0.245. The largest absolute Gasteiger partial charge is 0.481 e. The number of halogens is 2. The molecule has 0 unspecified atom stereocenters. The predicted molar refractivity (Wildman–Crippen MR) is 69.7 cm³/mol. The maximum atomic E-state index is 11.3. The van der Waals surface area contributed by atoms with Gasteiger partial charge in [-0.25, -0.2) is 0 Å². The minimum atomic E-state index is -0.996. The van der Waals surface area contributed by atoms with Crippen LogP contribution in [-0.4, -0.2) is 17.0 Å². The highest BCUT2D eigenvalue weighted by Crippen LogP contribution is 2.23. The lowest BCUT2D eigenvalue weighted by Gasteiger charge is -2.06. The molecular formula is C10H9ClINO3. The van der Waals surface area contributed by atoms with E-state index in [9.17, 15) is 9.59 Å². The van der Waals surface area contributed by atoms with Crippen molar-refractivity contribution in [1.29, 1.82) is 0 Å². The number of nitrogens with one attached hydrogen (secondary N) is 1. The maximum Gasteiger partial charge on any atom is 0.303 e. The molecule has 0 saturated heterocycles. The van der Waals surface area contributed by atoms with E-state index < -0.39 is 5.97 Å². The zero-order valence-corrected chi connectivity index (χ0v) is 11.1. The molecule has 1 aromatic carbocycles. The van der Waals surface area contributed by atoms with Crippen LogP contribution in [0.2, 0.25) is 5.02 Å². The van der Waals surface area contributed by atoms with Gasteiger partial charge in [-0.3, -0.25) is 9.59 Å². The Morgan fingerprint density at radius 3 is 2.62 bits per heavy atom. The van der Waals surface area contributed by atoms with Gasteiger partial charge < -0.3 is 10.4 Å². The van der Waals surface area contributed by atoms with Crippen molar-refractivity contribution in [3.05, 3.63) is 26.8 Å². The fraction of sp³-hybridized carbons (Fsp3) is 0.200. The minimum absolute atomic E-state index is 0.0579. The quantitative estimate of drug-likeness (QED) is 0.818. The molecule has 0 aromatic heterocycles. The summed E-state index contributed by atoms with van der Waals surface area (Å²) in [7, 11) is 0. The monoisotopic (exact) mass is 353 g/mol. The van der Waals surface area contributed by atoms with Crippen molar-refractivity contribution in [2.45, 2.75) is 12.8 Å². The van der Waals surface area contributed by atoms with Crippen molar-refractivity contribution in [3.63, 3.8) is 0 Å². The van der Waals surface area contributed by atoms with Crippen LogP contribution in [0.5, 0.6) is 0 Å². The first-order chi connectivity index (χ1) is 7.49. The van der Waals surface area contributed by atoms with Crippen molar-refractivity contribution in [1.82, 2.24) is 0 Å². The van der Waals surface area contributed by atoms with Gasteiger partial charge in [-0.2, -0.15) is 0 Å². The number of hydrogen-bond donors (Lipinski definition) is 2. The van der Waals surface area contributed by atoms with Crippen LogP contribution >= 0.6 is 34.2 Å². The summed E-state index contributed by atoms with van der Waals surface area (Å²) in [5, 5.41) is 11.4. The van der Waals surface area contributed by atoms with E-state index in [0.29, 0.717) is 10.7 Å². The summed E-state index contributed by atoms with van der Waals surface area (Å²) in [6, 6.07) is 5.21. The van der Waals surface area contributed by atoms with Crippen LogP contribution in [0.25, 0.3) is 0 Å². The Hall–Kier alpha value is -0.820. The Kier molecular flexibility index (Phi) is 5.01. The molecule has 0 aliphatic heterocycles. The molecule has 0 heterocycles. The lowest BCUT2D eigenvalue weighted by molar-refractivity contribution is -0.138. The van der Waals surface area contributed by atoms with Crippen LogP contribution in [0.4, 0.5) is 5.69 Å². The second kappa shape index (κ2) is 6.05. The van der Waals surface area contributed by atoms with Gasteiger partial charge in [0.2, 0.25) is 5.91 Å². The molecule has 0 radical (unpaired) electrons. The molecule has 16 heavy (non-hydrogen) atoms. The number of aliphatic carboxylic acids is 1. The second-order valence-electron chi connectivity index (χ2n) is 3.07. The fourth-order valence-electron chi connectivity index (χ4n) is 1.02. The third kappa shape index (κ3) is 4.36. The number of benzene rings is 1. The molecular weight excluding hydrogens is 344 g/mol. The number of carboxylic acid groups (broad SMARTS) is 1. The molecule has 4 nitrogen and oxygen atoms in total. The van der Waals surface area contributed by atoms with Gasteiger partial charge in [-0.05, 0) is 40.8 Å². The van der Waals surface area contributed by atoms with Crippen LogP contribution in [0.15, 0.2) is 18.2 Å². The van der Waals surface area contributed by atoms with Crippen LogP contribution < -0.4 is 5.32 Å². The highest BCUT2D eigenvalue weighted by Gasteiger charge is 2.08. The van der Waals surface area contributed by atoms with Gasteiger partial charge in [0.15, 0.2) is 0 Å². The number of rotatable bonds is 4. The Labute approximate surface area is 111 Å². The molecule has 1 aromatic rings. The average Bonchev–Trinajstić information content (AvgIpc) is 2.19. The minimum Gasteiger partial charge on any atom is -0.481 e. The molecule has 0 aliphatic carbocycles. The summed E-state index contributed by atoms with van der Waals surface area (Å²) in [4.78, 5) is 21.6. The first-order valence-electron chi connectivity index (χ1n) is 4.45. The highest BCUT2D eigenvalue weighted by molar-refractivity contribution is 14.1. The normalized spacial score (nSPS) is 9.88. The molecule has 0 atom stereocenters. The van der Waals surface area contributed by atoms with Gasteiger partial charge in [0.25, 0.3) is 0 Å². The van der Waals surface area contributed by atoms with E-state index in [1.165, 1.54) is 0 Å².